The maximum atomic E-state index is 13.9. The van der Waals surface area contributed by atoms with Crippen LogP contribution >= 0.6 is 23.7 Å². The Bertz CT molecular complexity index is 1350. The van der Waals surface area contributed by atoms with Gasteiger partial charge in [-0.15, -0.1) is 12.4 Å². The maximum absolute atomic E-state index is 13.9. The standard InChI is InChI=1S/C28H38N4O5S2.ClH/c1-6-30(7-2)18-19-31(28-29-25-23(36-4)15-16-24(37-5)26(25)38-28)27(33)21-11-13-22(14-12-21)39(34,35)32-17-9-8-10-20(32)3;/h11-16,20H,6-10,17-19H2,1-5H3;1H. The van der Waals surface area contributed by atoms with Gasteiger partial charge < -0.3 is 14.4 Å². The molecule has 1 aliphatic heterocycles. The molecule has 220 valence electrons. The van der Waals surface area contributed by atoms with Gasteiger partial charge in [0, 0.05) is 31.2 Å². The monoisotopic (exact) mass is 610 g/mol. The highest BCUT2D eigenvalue weighted by molar-refractivity contribution is 7.89. The number of sulfonamides is 1. The average molecular weight is 611 g/mol. The lowest BCUT2D eigenvalue weighted by Gasteiger charge is -2.32. The predicted molar refractivity (Wildman–Crippen MR) is 163 cm³/mol. The van der Waals surface area contributed by atoms with Crippen molar-refractivity contribution < 1.29 is 22.7 Å². The molecule has 0 spiro atoms. The Kier molecular flexibility index (Phi) is 11.2. The van der Waals surface area contributed by atoms with Crippen molar-refractivity contribution in [2.75, 3.05) is 51.8 Å². The number of hydrogen-bond donors (Lipinski definition) is 0. The molecular formula is C28H39ClN4O5S2. The molecule has 40 heavy (non-hydrogen) atoms. The molecule has 1 atom stereocenters. The van der Waals surface area contributed by atoms with Crippen molar-refractivity contribution in [3.05, 3.63) is 42.0 Å². The van der Waals surface area contributed by atoms with Gasteiger partial charge in [0.25, 0.3) is 5.91 Å². The van der Waals surface area contributed by atoms with Gasteiger partial charge in [0.2, 0.25) is 10.0 Å². The number of hydrogen-bond acceptors (Lipinski definition) is 8. The molecule has 1 amide bonds. The third-order valence-electron chi connectivity index (χ3n) is 7.36. The molecule has 0 N–H and O–H groups in total. The molecule has 0 aliphatic carbocycles. The predicted octanol–water partition coefficient (Wildman–Crippen LogP) is 5.29. The van der Waals surface area contributed by atoms with Crippen LogP contribution in [0.1, 0.15) is 50.4 Å². The quantitative estimate of drug-likeness (QED) is 0.291. The van der Waals surface area contributed by atoms with Crippen LogP contribution in [-0.4, -0.2) is 81.5 Å². The molecule has 0 saturated carbocycles. The first-order valence-electron chi connectivity index (χ1n) is 13.4. The number of amides is 1. The van der Waals surface area contributed by atoms with Gasteiger partial charge in [-0.3, -0.25) is 9.69 Å². The van der Waals surface area contributed by atoms with E-state index in [1.165, 1.54) is 23.5 Å². The first-order valence-corrected chi connectivity index (χ1v) is 15.7. The van der Waals surface area contributed by atoms with E-state index in [4.69, 9.17) is 14.5 Å². The van der Waals surface area contributed by atoms with Gasteiger partial charge in [-0.25, -0.2) is 13.4 Å². The Hall–Kier alpha value is -2.44. The van der Waals surface area contributed by atoms with Crippen LogP contribution in [0.5, 0.6) is 11.5 Å². The second-order valence-electron chi connectivity index (χ2n) is 9.61. The minimum absolute atomic E-state index is 0. The van der Waals surface area contributed by atoms with E-state index in [0.717, 1.165) is 37.1 Å². The number of anilines is 1. The highest BCUT2D eigenvalue weighted by Crippen LogP contribution is 2.40. The molecule has 9 nitrogen and oxygen atoms in total. The molecule has 0 radical (unpaired) electrons. The number of benzene rings is 2. The van der Waals surface area contributed by atoms with Gasteiger partial charge in [-0.1, -0.05) is 31.6 Å². The van der Waals surface area contributed by atoms with Crippen molar-refractivity contribution in [3.63, 3.8) is 0 Å². The molecule has 1 fully saturated rings. The Balaban J connectivity index is 0.00000441. The summed E-state index contributed by atoms with van der Waals surface area (Å²) in [7, 11) is -0.435. The lowest BCUT2D eigenvalue weighted by Crippen LogP contribution is -2.42. The Morgan fingerprint density at radius 1 is 1.02 bits per heavy atom. The van der Waals surface area contributed by atoms with Crippen molar-refractivity contribution in [2.24, 2.45) is 0 Å². The zero-order valence-corrected chi connectivity index (χ0v) is 26.2. The van der Waals surface area contributed by atoms with Crippen LogP contribution in [0.2, 0.25) is 0 Å². The second-order valence-corrected chi connectivity index (χ2v) is 12.5. The lowest BCUT2D eigenvalue weighted by molar-refractivity contribution is 0.0983. The number of nitrogens with zero attached hydrogens (tertiary/aromatic N) is 4. The largest absolute Gasteiger partial charge is 0.495 e. The van der Waals surface area contributed by atoms with Crippen molar-refractivity contribution in [3.8, 4) is 11.5 Å². The number of carbonyl (C=O) groups is 1. The van der Waals surface area contributed by atoms with Crippen LogP contribution < -0.4 is 14.4 Å². The fourth-order valence-electron chi connectivity index (χ4n) is 4.94. The smallest absolute Gasteiger partial charge is 0.260 e. The van der Waals surface area contributed by atoms with E-state index in [-0.39, 0.29) is 29.3 Å². The van der Waals surface area contributed by atoms with Gasteiger partial charge >= 0.3 is 0 Å². The topological polar surface area (TPSA) is 92.3 Å². The van der Waals surface area contributed by atoms with Crippen LogP contribution in [0.15, 0.2) is 41.3 Å². The van der Waals surface area contributed by atoms with Crippen LogP contribution in [0.4, 0.5) is 5.13 Å². The fourth-order valence-corrected chi connectivity index (χ4v) is 7.74. The zero-order valence-electron chi connectivity index (χ0n) is 23.8. The van der Waals surface area contributed by atoms with Gasteiger partial charge in [-0.2, -0.15) is 4.31 Å². The highest BCUT2D eigenvalue weighted by atomic mass is 35.5. The first-order chi connectivity index (χ1) is 18.7. The molecule has 3 aromatic rings. The van der Waals surface area contributed by atoms with Crippen molar-refractivity contribution in [1.29, 1.82) is 0 Å². The Morgan fingerprint density at radius 2 is 1.68 bits per heavy atom. The van der Waals surface area contributed by atoms with Gasteiger partial charge in [0.05, 0.1) is 19.1 Å². The summed E-state index contributed by atoms with van der Waals surface area (Å²) in [4.78, 5) is 22.8. The van der Waals surface area contributed by atoms with Gasteiger partial charge in [0.15, 0.2) is 5.13 Å². The first kappa shape index (κ1) is 32.1. The van der Waals surface area contributed by atoms with Crippen LogP contribution in [0, 0.1) is 0 Å². The number of fused-ring (bicyclic) bond motifs is 1. The summed E-state index contributed by atoms with van der Waals surface area (Å²) in [5, 5.41) is 0.531. The summed E-state index contributed by atoms with van der Waals surface area (Å²) in [6.45, 7) is 9.47. The van der Waals surface area contributed by atoms with Crippen LogP contribution in [-0.2, 0) is 10.0 Å². The van der Waals surface area contributed by atoms with Crippen molar-refractivity contribution in [2.45, 2.75) is 51.0 Å². The Morgan fingerprint density at radius 3 is 2.27 bits per heavy atom. The minimum Gasteiger partial charge on any atom is -0.495 e. The summed E-state index contributed by atoms with van der Waals surface area (Å²) < 4.78 is 40.0. The second kappa shape index (κ2) is 14.0. The lowest BCUT2D eigenvalue weighted by atomic mass is 10.1. The van der Waals surface area contributed by atoms with E-state index in [9.17, 15) is 13.2 Å². The average Bonchev–Trinajstić information content (AvgIpc) is 3.40. The van der Waals surface area contributed by atoms with E-state index < -0.39 is 10.0 Å². The fraction of sp³-hybridized carbons (Fsp3) is 0.500. The summed E-state index contributed by atoms with van der Waals surface area (Å²) in [5.41, 5.74) is 1.04. The van der Waals surface area contributed by atoms with E-state index in [1.807, 2.05) is 13.0 Å². The van der Waals surface area contributed by atoms with Crippen LogP contribution in [0.25, 0.3) is 10.2 Å². The number of rotatable bonds is 11. The molecule has 12 heteroatoms. The number of halogens is 1. The van der Waals surface area contributed by atoms with E-state index in [2.05, 4.69) is 18.7 Å². The number of aromatic nitrogens is 1. The van der Waals surface area contributed by atoms with Crippen molar-refractivity contribution >= 4 is 55.0 Å². The molecule has 1 unspecified atom stereocenters. The molecule has 0 bridgehead atoms. The maximum Gasteiger partial charge on any atom is 0.260 e. The zero-order chi connectivity index (χ0) is 28.2. The molecular weight excluding hydrogens is 572 g/mol. The molecule has 2 heterocycles. The highest BCUT2D eigenvalue weighted by Gasteiger charge is 2.31. The number of ether oxygens (including phenoxy) is 2. The van der Waals surface area contributed by atoms with Gasteiger partial charge in [-0.05, 0) is 69.3 Å². The molecule has 1 aromatic heterocycles. The normalized spacial score (nSPS) is 16.1. The van der Waals surface area contributed by atoms with E-state index in [0.29, 0.717) is 47.3 Å². The number of carbonyl (C=O) groups excluding carboxylic acids is 1. The van der Waals surface area contributed by atoms with E-state index in [1.54, 1.807) is 41.6 Å². The SMILES string of the molecule is CCN(CC)CCN(C(=O)c1ccc(S(=O)(=O)N2CCCCC2C)cc1)c1nc2c(OC)ccc(OC)c2s1.Cl. The summed E-state index contributed by atoms with van der Waals surface area (Å²) in [6.07, 6.45) is 2.75. The van der Waals surface area contributed by atoms with E-state index >= 15 is 0 Å². The number of piperidine rings is 1. The van der Waals surface area contributed by atoms with Crippen molar-refractivity contribution in [1.82, 2.24) is 14.2 Å². The molecule has 4 rings (SSSR count). The Labute approximate surface area is 247 Å². The number of methoxy groups -OCH3 is 2. The van der Waals surface area contributed by atoms with Crippen LogP contribution in [0.3, 0.4) is 0 Å². The summed E-state index contributed by atoms with van der Waals surface area (Å²) >= 11 is 1.37. The summed E-state index contributed by atoms with van der Waals surface area (Å²) in [6, 6.07) is 9.87. The van der Waals surface area contributed by atoms with Gasteiger partial charge in [0.1, 0.15) is 21.7 Å². The number of thiazole rings is 1. The number of likely N-dealkylation sites (N-methyl/N-ethyl adjacent to an activating group) is 1. The minimum atomic E-state index is -3.62. The third kappa shape index (κ3) is 6.54. The third-order valence-corrected chi connectivity index (χ3v) is 10.5. The molecule has 1 aliphatic rings. The summed E-state index contributed by atoms with van der Waals surface area (Å²) in [5.74, 6) is 1.02. The molecule has 2 aromatic carbocycles. The molecule has 1 saturated heterocycles.